The van der Waals surface area contributed by atoms with Crippen molar-refractivity contribution in [2.45, 2.75) is 0 Å². The molecule has 0 saturated carbocycles. The first-order valence-electron chi connectivity index (χ1n) is 9.50. The highest BCUT2D eigenvalue weighted by Crippen LogP contribution is 2.20. The number of hydrogen-bond acceptors (Lipinski definition) is 3. The van der Waals surface area contributed by atoms with Gasteiger partial charge in [-0.2, -0.15) is 0 Å². The van der Waals surface area contributed by atoms with Crippen molar-refractivity contribution in [1.29, 1.82) is 0 Å². The van der Waals surface area contributed by atoms with Gasteiger partial charge in [0.1, 0.15) is 0 Å². The van der Waals surface area contributed by atoms with E-state index >= 15 is 0 Å². The van der Waals surface area contributed by atoms with Gasteiger partial charge in [-0.3, -0.25) is 14.4 Å². The first-order chi connectivity index (χ1) is 14.6. The minimum Gasteiger partial charge on any atom is -0.289 e. The lowest BCUT2D eigenvalue weighted by Gasteiger charge is -2.09. The Morgan fingerprint density at radius 3 is 1.13 bits per heavy atom. The fourth-order valence-electron chi connectivity index (χ4n) is 3.19. The quantitative estimate of drug-likeness (QED) is 0.427. The zero-order chi connectivity index (χ0) is 20.9. The molecule has 0 aliphatic rings. The Balaban J connectivity index is 1.83. The topological polar surface area (TPSA) is 51.2 Å². The van der Waals surface area contributed by atoms with Gasteiger partial charge in [-0.1, -0.05) is 91.0 Å². The van der Waals surface area contributed by atoms with Crippen LogP contribution in [-0.4, -0.2) is 17.3 Å². The maximum absolute atomic E-state index is 13.0. The van der Waals surface area contributed by atoms with Gasteiger partial charge in [-0.15, -0.1) is 0 Å². The van der Waals surface area contributed by atoms with Crippen LogP contribution in [0.3, 0.4) is 0 Å². The molecule has 0 aliphatic carbocycles. The van der Waals surface area contributed by atoms with Crippen molar-refractivity contribution >= 4 is 17.3 Å². The van der Waals surface area contributed by atoms with Gasteiger partial charge in [0.25, 0.3) is 0 Å². The van der Waals surface area contributed by atoms with E-state index in [2.05, 4.69) is 6.07 Å². The lowest BCUT2D eigenvalue weighted by atomic mass is 9.92. The second-order valence-electron chi connectivity index (χ2n) is 6.78. The summed E-state index contributed by atoms with van der Waals surface area (Å²) in [5.41, 5.74) is 2.07. The average Bonchev–Trinajstić information content (AvgIpc) is 2.84. The molecule has 4 aromatic carbocycles. The third kappa shape index (κ3) is 4.01. The van der Waals surface area contributed by atoms with E-state index in [1.54, 1.807) is 72.8 Å². The summed E-state index contributed by atoms with van der Waals surface area (Å²) in [6.07, 6.45) is 0. The molecule has 4 aromatic rings. The molecular formula is C27H17O3. The maximum atomic E-state index is 13.0. The van der Waals surface area contributed by atoms with E-state index in [1.165, 1.54) is 12.1 Å². The number of carbonyl (C=O) groups excluding carboxylic acids is 3. The Morgan fingerprint density at radius 2 is 0.767 bits per heavy atom. The van der Waals surface area contributed by atoms with Crippen LogP contribution in [0.5, 0.6) is 0 Å². The average molecular weight is 389 g/mol. The fourth-order valence-corrected chi connectivity index (χ4v) is 3.19. The number of benzene rings is 4. The summed E-state index contributed by atoms with van der Waals surface area (Å²) in [4.78, 5) is 39.1. The third-order valence-corrected chi connectivity index (χ3v) is 4.73. The number of rotatable bonds is 6. The van der Waals surface area contributed by atoms with Gasteiger partial charge in [0.2, 0.25) is 0 Å². The largest absolute Gasteiger partial charge is 0.289 e. The molecule has 3 nitrogen and oxygen atoms in total. The summed E-state index contributed by atoms with van der Waals surface area (Å²) in [5, 5.41) is 0. The van der Waals surface area contributed by atoms with Crippen molar-refractivity contribution in [2.24, 2.45) is 0 Å². The molecule has 143 valence electrons. The van der Waals surface area contributed by atoms with Crippen molar-refractivity contribution in [3.05, 3.63) is 143 Å². The highest BCUT2D eigenvalue weighted by Gasteiger charge is 2.19. The van der Waals surface area contributed by atoms with E-state index in [0.29, 0.717) is 16.7 Å². The molecule has 0 atom stereocenters. The van der Waals surface area contributed by atoms with Crippen molar-refractivity contribution < 1.29 is 14.4 Å². The smallest absolute Gasteiger partial charge is 0.193 e. The lowest BCUT2D eigenvalue weighted by Crippen LogP contribution is -2.11. The van der Waals surface area contributed by atoms with Gasteiger partial charge in [-0.05, 0) is 12.1 Å². The number of ketones is 3. The van der Waals surface area contributed by atoms with E-state index in [9.17, 15) is 14.4 Å². The molecule has 30 heavy (non-hydrogen) atoms. The molecule has 0 fully saturated rings. The fraction of sp³-hybridized carbons (Fsp3) is 0. The molecule has 0 amide bonds. The molecule has 4 rings (SSSR count). The summed E-state index contributed by atoms with van der Waals surface area (Å²) >= 11 is 0. The SMILES string of the molecule is O=C(c1[c]c(C(=O)c2ccccc2)cc(C(=O)c2ccccc2)c1)c1ccccc1. The molecule has 0 saturated heterocycles. The van der Waals surface area contributed by atoms with Gasteiger partial charge in [0, 0.05) is 39.4 Å². The second kappa shape index (κ2) is 8.50. The van der Waals surface area contributed by atoms with E-state index in [0.717, 1.165) is 0 Å². The Kier molecular flexibility index (Phi) is 5.44. The monoisotopic (exact) mass is 389 g/mol. The highest BCUT2D eigenvalue weighted by atomic mass is 16.1. The van der Waals surface area contributed by atoms with Crippen LogP contribution >= 0.6 is 0 Å². The molecule has 0 aliphatic heterocycles. The van der Waals surface area contributed by atoms with Gasteiger partial charge < -0.3 is 0 Å². The minimum atomic E-state index is -0.291. The molecule has 0 spiro atoms. The maximum Gasteiger partial charge on any atom is 0.193 e. The summed E-state index contributed by atoms with van der Waals surface area (Å²) in [5.74, 6) is -0.838. The molecule has 1 radical (unpaired) electrons. The molecule has 3 heteroatoms. The Bertz CT molecular complexity index is 1040. The first-order valence-corrected chi connectivity index (χ1v) is 9.50. The van der Waals surface area contributed by atoms with E-state index in [-0.39, 0.29) is 34.0 Å². The molecule has 0 N–H and O–H groups in total. The van der Waals surface area contributed by atoms with Gasteiger partial charge in [-0.25, -0.2) is 0 Å². The van der Waals surface area contributed by atoms with E-state index < -0.39 is 0 Å². The van der Waals surface area contributed by atoms with Crippen LogP contribution in [0, 0.1) is 6.07 Å². The predicted octanol–water partition coefficient (Wildman–Crippen LogP) is 5.18. The normalized spacial score (nSPS) is 10.4. The van der Waals surface area contributed by atoms with Crippen molar-refractivity contribution in [3.63, 3.8) is 0 Å². The van der Waals surface area contributed by atoms with Crippen LogP contribution in [0.1, 0.15) is 47.8 Å². The van der Waals surface area contributed by atoms with Gasteiger partial charge in [0.05, 0.1) is 0 Å². The van der Waals surface area contributed by atoms with Crippen LogP contribution < -0.4 is 0 Å². The molecule has 0 unspecified atom stereocenters. The van der Waals surface area contributed by atoms with Gasteiger partial charge >= 0.3 is 0 Å². The van der Waals surface area contributed by atoms with Crippen molar-refractivity contribution in [2.75, 3.05) is 0 Å². The number of hydrogen-bond donors (Lipinski definition) is 0. The van der Waals surface area contributed by atoms with Crippen molar-refractivity contribution in [1.82, 2.24) is 0 Å². The van der Waals surface area contributed by atoms with E-state index in [1.807, 2.05) is 18.2 Å². The van der Waals surface area contributed by atoms with Crippen molar-refractivity contribution in [3.8, 4) is 0 Å². The summed E-state index contributed by atoms with van der Waals surface area (Å²) in [6, 6.07) is 32.2. The van der Waals surface area contributed by atoms with Crippen LogP contribution in [-0.2, 0) is 0 Å². The second-order valence-corrected chi connectivity index (χ2v) is 6.78. The number of carbonyl (C=O) groups is 3. The first kappa shape index (κ1) is 19.2. The summed E-state index contributed by atoms with van der Waals surface area (Å²) in [6.45, 7) is 0. The van der Waals surface area contributed by atoms with Crippen LogP contribution in [0.2, 0.25) is 0 Å². The van der Waals surface area contributed by atoms with Crippen LogP contribution in [0.15, 0.2) is 103 Å². The van der Waals surface area contributed by atoms with Gasteiger partial charge in [0.15, 0.2) is 17.3 Å². The highest BCUT2D eigenvalue weighted by molar-refractivity contribution is 6.16. The van der Waals surface area contributed by atoms with Crippen LogP contribution in [0.25, 0.3) is 0 Å². The Hall–Kier alpha value is -4.11. The summed E-state index contributed by atoms with van der Waals surface area (Å²) in [7, 11) is 0. The zero-order valence-electron chi connectivity index (χ0n) is 16.0. The zero-order valence-corrected chi connectivity index (χ0v) is 16.0. The minimum absolute atomic E-state index is 0.183. The molecule has 0 bridgehead atoms. The lowest BCUT2D eigenvalue weighted by molar-refractivity contribution is 0.103. The summed E-state index contributed by atoms with van der Waals surface area (Å²) < 4.78 is 0. The Labute approximate surface area is 174 Å². The Morgan fingerprint density at radius 1 is 0.433 bits per heavy atom. The standard InChI is InChI=1S/C27H17O3/c28-25(19-10-4-1-5-11-19)22-16-23(26(29)20-12-6-2-7-13-20)18-24(17-22)27(30)21-14-8-3-9-15-21/h1-17H. The molecule has 0 heterocycles. The van der Waals surface area contributed by atoms with E-state index in [4.69, 9.17) is 0 Å². The third-order valence-electron chi connectivity index (χ3n) is 4.73. The molecule has 0 aromatic heterocycles. The predicted molar refractivity (Wildman–Crippen MR) is 115 cm³/mol. The van der Waals surface area contributed by atoms with Crippen LogP contribution in [0.4, 0.5) is 0 Å². The molecular weight excluding hydrogens is 372 g/mol.